The molecule has 4 heteroatoms. The molecule has 1 N–H and O–H groups in total. The van der Waals surface area contributed by atoms with Crippen LogP contribution >= 0.6 is 0 Å². The first-order valence-electron chi connectivity index (χ1n) is 4.56. The summed E-state index contributed by atoms with van der Waals surface area (Å²) in [5.41, 5.74) is 0.779. The van der Waals surface area contributed by atoms with E-state index < -0.39 is 6.10 Å². The molecule has 0 radical (unpaired) electrons. The second-order valence-corrected chi connectivity index (χ2v) is 3.83. The number of aliphatic hydroxyl groups excluding tert-OH is 1. The van der Waals surface area contributed by atoms with Crippen LogP contribution in [-0.4, -0.2) is 20.1 Å². The van der Waals surface area contributed by atoms with Gasteiger partial charge in [0.15, 0.2) is 0 Å². The fraction of sp³-hybridized carbons (Fsp3) is 0.778. The molecule has 4 nitrogen and oxygen atoms in total. The lowest BCUT2D eigenvalue weighted by Crippen LogP contribution is -2.17. The number of hydrogen-bond donors (Lipinski definition) is 1. The Balaban J connectivity index is 2.79. The van der Waals surface area contributed by atoms with E-state index in [4.69, 9.17) is 0 Å². The molecule has 1 rings (SSSR count). The van der Waals surface area contributed by atoms with E-state index in [1.807, 2.05) is 6.92 Å². The molecule has 74 valence electrons. The van der Waals surface area contributed by atoms with Crippen molar-refractivity contribution in [3.63, 3.8) is 0 Å². The van der Waals surface area contributed by atoms with Crippen LogP contribution in [0.4, 0.5) is 0 Å². The normalized spacial score (nSPS) is 16.2. The molecule has 0 amide bonds. The van der Waals surface area contributed by atoms with Crippen LogP contribution in [0.1, 0.15) is 32.6 Å². The summed E-state index contributed by atoms with van der Waals surface area (Å²) in [6, 6.07) is 0. The van der Waals surface area contributed by atoms with Crippen molar-refractivity contribution in [3.8, 4) is 0 Å². The molecule has 2 atom stereocenters. The van der Waals surface area contributed by atoms with Gasteiger partial charge in [-0.15, -0.1) is 5.10 Å². The topological polar surface area (TPSA) is 50.9 Å². The number of nitrogens with zero attached hydrogens (tertiary/aromatic N) is 3. The van der Waals surface area contributed by atoms with Crippen LogP contribution < -0.4 is 0 Å². The Bertz CT molecular complexity index is 270. The van der Waals surface area contributed by atoms with Crippen molar-refractivity contribution < 1.29 is 5.11 Å². The Kier molecular flexibility index (Phi) is 3.03. The highest BCUT2D eigenvalue weighted by atomic mass is 16.3. The fourth-order valence-corrected chi connectivity index (χ4v) is 1.20. The molecule has 0 saturated heterocycles. The largest absolute Gasteiger partial charge is 0.386 e. The van der Waals surface area contributed by atoms with E-state index in [0.717, 1.165) is 5.69 Å². The maximum Gasteiger partial charge on any atom is 0.100 e. The molecule has 2 unspecified atom stereocenters. The Morgan fingerprint density at radius 1 is 1.38 bits per heavy atom. The quantitative estimate of drug-likeness (QED) is 0.764. The molecule has 1 heterocycles. The van der Waals surface area contributed by atoms with Gasteiger partial charge in [0, 0.05) is 7.05 Å². The molecule has 0 spiro atoms. The highest BCUT2D eigenvalue weighted by Crippen LogP contribution is 2.26. The van der Waals surface area contributed by atoms with E-state index >= 15 is 0 Å². The van der Waals surface area contributed by atoms with Gasteiger partial charge in [-0.1, -0.05) is 26.0 Å². The second kappa shape index (κ2) is 3.87. The van der Waals surface area contributed by atoms with Crippen molar-refractivity contribution in [2.75, 3.05) is 0 Å². The average Bonchev–Trinajstić information content (AvgIpc) is 2.48. The maximum atomic E-state index is 9.93. The van der Waals surface area contributed by atoms with Crippen LogP contribution in [0, 0.1) is 11.8 Å². The third-order valence-corrected chi connectivity index (χ3v) is 2.60. The van der Waals surface area contributed by atoms with Gasteiger partial charge < -0.3 is 5.11 Å². The molecule has 0 fully saturated rings. The number of aliphatic hydroxyl groups is 1. The van der Waals surface area contributed by atoms with Crippen molar-refractivity contribution in [1.82, 2.24) is 15.0 Å². The van der Waals surface area contributed by atoms with Gasteiger partial charge in [-0.25, -0.2) is 4.68 Å². The first-order valence-corrected chi connectivity index (χ1v) is 4.56. The summed E-state index contributed by atoms with van der Waals surface area (Å²) < 4.78 is 1.61. The van der Waals surface area contributed by atoms with E-state index in [1.165, 1.54) is 0 Å². The molecular weight excluding hydrogens is 166 g/mol. The molecule has 1 aromatic rings. The van der Waals surface area contributed by atoms with Crippen molar-refractivity contribution in [2.45, 2.75) is 26.9 Å². The summed E-state index contributed by atoms with van der Waals surface area (Å²) in [6.45, 7) is 6.22. The summed E-state index contributed by atoms with van der Waals surface area (Å²) >= 11 is 0. The third kappa shape index (κ3) is 2.06. The highest BCUT2D eigenvalue weighted by molar-refractivity contribution is 5.00. The van der Waals surface area contributed by atoms with E-state index in [0.29, 0.717) is 5.92 Å². The predicted molar refractivity (Wildman–Crippen MR) is 50.0 cm³/mol. The lowest BCUT2D eigenvalue weighted by Gasteiger charge is -2.21. The molecule has 0 bridgehead atoms. The molecule has 0 aliphatic carbocycles. The van der Waals surface area contributed by atoms with Gasteiger partial charge in [0.2, 0.25) is 0 Å². The Morgan fingerprint density at radius 2 is 2.00 bits per heavy atom. The standard InChI is InChI=1S/C9H17N3O/c1-6(2)7(3)9(13)8-5-10-11-12(8)4/h5-7,9,13H,1-4H3. The molecule has 0 saturated carbocycles. The summed E-state index contributed by atoms with van der Waals surface area (Å²) in [7, 11) is 1.79. The minimum absolute atomic E-state index is 0.220. The van der Waals surface area contributed by atoms with Crippen molar-refractivity contribution in [3.05, 3.63) is 11.9 Å². The SMILES string of the molecule is CC(C)C(C)C(O)c1cnnn1C. The van der Waals surface area contributed by atoms with Gasteiger partial charge in [-0.3, -0.25) is 0 Å². The first kappa shape index (κ1) is 10.2. The number of rotatable bonds is 3. The predicted octanol–water partition coefficient (Wildman–Crippen LogP) is 1.14. The van der Waals surface area contributed by atoms with E-state index in [1.54, 1.807) is 17.9 Å². The zero-order valence-electron chi connectivity index (χ0n) is 8.60. The van der Waals surface area contributed by atoms with Gasteiger partial charge in [-0.2, -0.15) is 0 Å². The summed E-state index contributed by atoms with van der Waals surface area (Å²) in [4.78, 5) is 0. The van der Waals surface area contributed by atoms with Crippen LogP contribution in [0.2, 0.25) is 0 Å². The van der Waals surface area contributed by atoms with Crippen LogP contribution in [0.15, 0.2) is 6.20 Å². The van der Waals surface area contributed by atoms with E-state index in [9.17, 15) is 5.11 Å². The number of hydrogen-bond acceptors (Lipinski definition) is 3. The average molecular weight is 183 g/mol. The minimum atomic E-state index is -0.472. The second-order valence-electron chi connectivity index (χ2n) is 3.83. The summed E-state index contributed by atoms with van der Waals surface area (Å²) in [5.74, 6) is 0.669. The van der Waals surface area contributed by atoms with Crippen LogP contribution in [0.3, 0.4) is 0 Å². The number of aromatic nitrogens is 3. The molecular formula is C9H17N3O. The van der Waals surface area contributed by atoms with E-state index in [2.05, 4.69) is 24.2 Å². The van der Waals surface area contributed by atoms with Crippen molar-refractivity contribution in [1.29, 1.82) is 0 Å². The van der Waals surface area contributed by atoms with Crippen LogP contribution in [-0.2, 0) is 7.05 Å². The van der Waals surface area contributed by atoms with E-state index in [-0.39, 0.29) is 5.92 Å². The molecule has 0 aromatic carbocycles. The molecule has 1 aromatic heterocycles. The fourth-order valence-electron chi connectivity index (χ4n) is 1.20. The molecule has 0 aliphatic heterocycles. The van der Waals surface area contributed by atoms with Gasteiger partial charge in [-0.05, 0) is 11.8 Å². The van der Waals surface area contributed by atoms with Crippen molar-refractivity contribution >= 4 is 0 Å². The monoisotopic (exact) mass is 183 g/mol. The molecule has 0 aliphatic rings. The Labute approximate surface area is 78.6 Å². The third-order valence-electron chi connectivity index (χ3n) is 2.60. The summed E-state index contributed by atoms with van der Waals surface area (Å²) in [6.07, 6.45) is 1.14. The van der Waals surface area contributed by atoms with Crippen LogP contribution in [0.25, 0.3) is 0 Å². The van der Waals surface area contributed by atoms with Gasteiger partial charge >= 0.3 is 0 Å². The summed E-state index contributed by atoms with van der Waals surface area (Å²) in [5, 5.41) is 17.5. The zero-order chi connectivity index (χ0) is 10.0. The smallest absolute Gasteiger partial charge is 0.100 e. The first-order chi connectivity index (χ1) is 6.04. The molecule has 13 heavy (non-hydrogen) atoms. The van der Waals surface area contributed by atoms with Gasteiger partial charge in [0.05, 0.1) is 11.9 Å². The Hall–Kier alpha value is -0.900. The van der Waals surface area contributed by atoms with Crippen LogP contribution in [0.5, 0.6) is 0 Å². The zero-order valence-corrected chi connectivity index (χ0v) is 8.60. The lowest BCUT2D eigenvalue weighted by atomic mass is 9.91. The maximum absolute atomic E-state index is 9.93. The Morgan fingerprint density at radius 3 is 2.38 bits per heavy atom. The minimum Gasteiger partial charge on any atom is -0.386 e. The van der Waals surface area contributed by atoms with Gasteiger partial charge in [0.1, 0.15) is 6.10 Å². The van der Waals surface area contributed by atoms with Gasteiger partial charge in [0.25, 0.3) is 0 Å². The highest BCUT2D eigenvalue weighted by Gasteiger charge is 2.22. The lowest BCUT2D eigenvalue weighted by molar-refractivity contribution is 0.0846. The van der Waals surface area contributed by atoms with Crippen molar-refractivity contribution in [2.24, 2.45) is 18.9 Å². The number of aryl methyl sites for hydroxylation is 1.